The molecule has 0 bridgehead atoms. The predicted molar refractivity (Wildman–Crippen MR) is 129 cm³/mol. The van der Waals surface area contributed by atoms with E-state index >= 15 is 0 Å². The van der Waals surface area contributed by atoms with Gasteiger partial charge < -0.3 is 20.1 Å². The Balaban J connectivity index is 1.80. The Bertz CT molecular complexity index is 1080. The summed E-state index contributed by atoms with van der Waals surface area (Å²) in [6.45, 7) is 0.668. The number of nitrogens with zero attached hydrogens (tertiary/aromatic N) is 2. The summed E-state index contributed by atoms with van der Waals surface area (Å²) in [5, 5.41) is 14.2. The molecule has 0 spiro atoms. The van der Waals surface area contributed by atoms with Crippen LogP contribution in [0.2, 0.25) is 0 Å². The number of ether oxygens (including phenoxy) is 1. The van der Waals surface area contributed by atoms with Gasteiger partial charge in [0.2, 0.25) is 16.4 Å². The van der Waals surface area contributed by atoms with E-state index in [0.29, 0.717) is 12.1 Å². The van der Waals surface area contributed by atoms with Crippen molar-refractivity contribution in [3.8, 4) is 0 Å². The first-order valence-corrected chi connectivity index (χ1v) is 13.1. The number of halogens is 3. The highest BCUT2D eigenvalue weighted by molar-refractivity contribution is 14.1. The molecule has 0 aromatic heterocycles. The van der Waals surface area contributed by atoms with E-state index in [2.05, 4.69) is 27.9 Å². The number of hydrogen-bond acceptors (Lipinski definition) is 6. The Morgan fingerprint density at radius 3 is 2.55 bits per heavy atom. The molecule has 2 aromatic carbocycles. The second-order valence-corrected chi connectivity index (χ2v) is 11.1. The number of rotatable bonds is 10. The number of nitrogens with one attached hydrogen (secondary N) is 1. The summed E-state index contributed by atoms with van der Waals surface area (Å²) < 4.78 is 59.3. The van der Waals surface area contributed by atoms with Crippen molar-refractivity contribution >= 4 is 32.6 Å². The third kappa shape index (κ3) is 7.09. The van der Waals surface area contributed by atoms with Crippen molar-refractivity contribution in [2.45, 2.75) is 31.5 Å². The number of aliphatic hydroxyl groups excluding tert-OH is 1. The summed E-state index contributed by atoms with van der Waals surface area (Å²) in [7, 11) is -2.25. The van der Waals surface area contributed by atoms with Gasteiger partial charge in [0.15, 0.2) is 0 Å². The number of aliphatic hydroxyl groups is 1. The summed E-state index contributed by atoms with van der Waals surface area (Å²) in [6.07, 6.45) is 1.91. The third-order valence-corrected chi connectivity index (χ3v) is 7.19. The Morgan fingerprint density at radius 1 is 1.21 bits per heavy atom. The van der Waals surface area contributed by atoms with Crippen molar-refractivity contribution in [1.29, 1.82) is 0 Å². The highest BCUT2D eigenvalue weighted by Crippen LogP contribution is 2.25. The SMILES string of the molecule is CN(C1OC=CN1C(Cc1cc(F)cc(F)c1)C(O)CNCc1cccc(I)c1)S(C)(=O)=O. The first kappa shape index (κ1) is 25.8. The van der Waals surface area contributed by atoms with Crippen LogP contribution >= 0.6 is 22.6 Å². The minimum atomic E-state index is -3.61. The van der Waals surface area contributed by atoms with Crippen LogP contribution in [0.3, 0.4) is 0 Å². The molecule has 2 N–H and O–H groups in total. The van der Waals surface area contributed by atoms with Crippen LogP contribution in [0, 0.1) is 15.2 Å². The average Bonchev–Trinajstić information content (AvgIpc) is 3.19. The molecule has 1 heterocycles. The largest absolute Gasteiger partial charge is 0.462 e. The highest BCUT2D eigenvalue weighted by Gasteiger charge is 2.38. The van der Waals surface area contributed by atoms with Gasteiger partial charge in [0, 0.05) is 36.0 Å². The first-order chi connectivity index (χ1) is 15.5. The fraction of sp³-hybridized carbons (Fsp3) is 0.364. The van der Waals surface area contributed by atoms with Crippen molar-refractivity contribution in [1.82, 2.24) is 14.5 Å². The predicted octanol–water partition coefficient (Wildman–Crippen LogP) is 2.61. The smallest absolute Gasteiger partial charge is 0.244 e. The molecule has 3 atom stereocenters. The normalized spacial score (nSPS) is 17.9. The topological polar surface area (TPSA) is 82.1 Å². The van der Waals surface area contributed by atoms with E-state index in [1.54, 1.807) is 4.90 Å². The van der Waals surface area contributed by atoms with Crippen molar-refractivity contribution in [3.63, 3.8) is 0 Å². The van der Waals surface area contributed by atoms with Crippen LogP contribution in [0.4, 0.5) is 8.78 Å². The maximum absolute atomic E-state index is 13.8. The van der Waals surface area contributed by atoms with E-state index in [0.717, 1.165) is 25.8 Å². The number of benzene rings is 2. The molecular weight excluding hydrogens is 567 g/mol. The summed E-state index contributed by atoms with van der Waals surface area (Å²) in [5.41, 5.74) is 1.37. The molecule has 1 aliphatic heterocycles. The third-order valence-electron chi connectivity index (χ3n) is 5.29. The molecule has 3 unspecified atom stereocenters. The van der Waals surface area contributed by atoms with Crippen LogP contribution in [0.1, 0.15) is 11.1 Å². The zero-order valence-corrected chi connectivity index (χ0v) is 21.1. The van der Waals surface area contributed by atoms with Crippen LogP contribution in [-0.2, 0) is 27.7 Å². The lowest BCUT2D eigenvalue weighted by Crippen LogP contribution is -2.54. The van der Waals surface area contributed by atoms with Gasteiger partial charge in [-0.3, -0.25) is 0 Å². The van der Waals surface area contributed by atoms with Crippen molar-refractivity contribution in [3.05, 3.63) is 81.3 Å². The molecule has 180 valence electrons. The van der Waals surface area contributed by atoms with Crippen molar-refractivity contribution in [2.75, 3.05) is 19.8 Å². The van der Waals surface area contributed by atoms with Gasteiger partial charge in [0.1, 0.15) is 17.9 Å². The highest BCUT2D eigenvalue weighted by atomic mass is 127. The molecule has 7 nitrogen and oxygen atoms in total. The van der Waals surface area contributed by atoms with E-state index in [1.165, 1.54) is 31.6 Å². The van der Waals surface area contributed by atoms with E-state index in [9.17, 15) is 22.3 Å². The summed E-state index contributed by atoms with van der Waals surface area (Å²) in [4.78, 5) is 1.54. The fourth-order valence-corrected chi connectivity index (χ4v) is 4.68. The Hall–Kier alpha value is -1.80. The van der Waals surface area contributed by atoms with Crippen LogP contribution in [-0.4, -0.2) is 61.1 Å². The number of sulfonamides is 1. The lowest BCUT2D eigenvalue weighted by Gasteiger charge is -2.38. The van der Waals surface area contributed by atoms with E-state index < -0.39 is 40.2 Å². The van der Waals surface area contributed by atoms with Gasteiger partial charge in [-0.15, -0.1) is 4.31 Å². The van der Waals surface area contributed by atoms with Gasteiger partial charge in [-0.1, -0.05) is 12.1 Å². The van der Waals surface area contributed by atoms with E-state index in [-0.39, 0.29) is 13.0 Å². The monoisotopic (exact) mass is 593 g/mol. The molecular formula is C22H26F2IN3O4S. The maximum Gasteiger partial charge on any atom is 0.244 e. The molecule has 0 amide bonds. The zero-order valence-electron chi connectivity index (χ0n) is 18.2. The molecule has 2 aromatic rings. The second-order valence-electron chi connectivity index (χ2n) is 7.85. The molecule has 11 heteroatoms. The van der Waals surface area contributed by atoms with Gasteiger partial charge >= 0.3 is 0 Å². The maximum atomic E-state index is 13.8. The minimum absolute atomic E-state index is 0.0581. The number of hydrogen-bond donors (Lipinski definition) is 2. The Morgan fingerprint density at radius 2 is 1.91 bits per heavy atom. The standard InChI is InChI=1S/C22H26F2IN3O4S/c1-27(33(2,30)31)22-28(6-7-32-22)20(11-16-8-17(23)12-18(24)9-16)21(29)14-26-13-15-4-3-5-19(25)10-15/h3-10,12,20-22,26,29H,11,13-14H2,1-2H3. The van der Waals surface area contributed by atoms with Gasteiger partial charge in [-0.05, 0) is 64.4 Å². The minimum Gasteiger partial charge on any atom is -0.462 e. The fourth-order valence-electron chi connectivity index (χ4n) is 3.59. The van der Waals surface area contributed by atoms with E-state index in [4.69, 9.17) is 4.74 Å². The quantitative estimate of drug-likeness (QED) is 0.413. The molecule has 0 saturated carbocycles. The van der Waals surface area contributed by atoms with Crippen LogP contribution < -0.4 is 5.32 Å². The zero-order chi connectivity index (χ0) is 24.2. The summed E-state index contributed by atoms with van der Waals surface area (Å²) in [6, 6.07) is 10.3. The summed E-state index contributed by atoms with van der Waals surface area (Å²) in [5.74, 6) is -1.46. The van der Waals surface area contributed by atoms with E-state index in [1.807, 2.05) is 24.3 Å². The molecule has 0 saturated heterocycles. The molecule has 1 aliphatic rings. The Labute approximate surface area is 206 Å². The van der Waals surface area contributed by atoms with Crippen molar-refractivity contribution in [2.24, 2.45) is 0 Å². The Kier molecular flexibility index (Phi) is 8.67. The van der Waals surface area contributed by atoms with Crippen molar-refractivity contribution < 1.29 is 27.0 Å². The molecule has 0 radical (unpaired) electrons. The van der Waals surface area contributed by atoms with Gasteiger partial charge in [0.05, 0.1) is 18.4 Å². The lowest BCUT2D eigenvalue weighted by atomic mass is 9.99. The first-order valence-electron chi connectivity index (χ1n) is 10.2. The second kappa shape index (κ2) is 11.1. The van der Waals surface area contributed by atoms with Gasteiger partial charge in [0.25, 0.3) is 0 Å². The van der Waals surface area contributed by atoms with Gasteiger partial charge in [-0.25, -0.2) is 17.2 Å². The molecule has 0 aliphatic carbocycles. The van der Waals surface area contributed by atoms with Crippen LogP contribution in [0.15, 0.2) is 54.9 Å². The summed E-state index contributed by atoms with van der Waals surface area (Å²) >= 11 is 2.22. The van der Waals surface area contributed by atoms with Crippen LogP contribution in [0.5, 0.6) is 0 Å². The molecule has 3 rings (SSSR count). The van der Waals surface area contributed by atoms with Crippen LogP contribution in [0.25, 0.3) is 0 Å². The lowest BCUT2D eigenvalue weighted by molar-refractivity contribution is -0.0643. The average molecular weight is 593 g/mol. The molecule has 33 heavy (non-hydrogen) atoms. The van der Waals surface area contributed by atoms with Gasteiger partial charge in [-0.2, -0.15) is 0 Å². The molecule has 0 fully saturated rings.